The summed E-state index contributed by atoms with van der Waals surface area (Å²) in [6, 6.07) is 4.14. The van der Waals surface area contributed by atoms with Gasteiger partial charge in [-0.2, -0.15) is 4.31 Å². The molecule has 9 heteroatoms. The number of sulfonamides is 1. The molecule has 8 nitrogen and oxygen atoms in total. The average molecular weight is 452 g/mol. The predicted octanol–water partition coefficient (Wildman–Crippen LogP) is 2.07. The first kappa shape index (κ1) is 23.7. The molecule has 0 bridgehead atoms. The van der Waals surface area contributed by atoms with Gasteiger partial charge < -0.3 is 10.1 Å². The Balaban J connectivity index is 1.72. The molecule has 172 valence electrons. The first-order valence-electron chi connectivity index (χ1n) is 11.0. The Morgan fingerprint density at radius 3 is 2.55 bits per heavy atom. The van der Waals surface area contributed by atoms with Crippen molar-refractivity contribution in [2.45, 2.75) is 69.9 Å². The third-order valence-electron chi connectivity index (χ3n) is 5.70. The number of ether oxygens (including phenoxy) is 1. The van der Waals surface area contributed by atoms with Crippen LogP contribution in [-0.2, 0) is 30.8 Å². The summed E-state index contributed by atoms with van der Waals surface area (Å²) in [5, 5.41) is 2.88. The normalized spacial score (nSPS) is 19.5. The molecule has 2 amide bonds. The van der Waals surface area contributed by atoms with Crippen molar-refractivity contribution in [2.75, 3.05) is 31.1 Å². The van der Waals surface area contributed by atoms with Crippen molar-refractivity contribution >= 4 is 27.5 Å². The van der Waals surface area contributed by atoms with Crippen LogP contribution in [-0.4, -0.2) is 62.9 Å². The summed E-state index contributed by atoms with van der Waals surface area (Å²) >= 11 is 0. The highest BCUT2D eigenvalue weighted by Crippen LogP contribution is 2.35. The molecule has 1 aromatic carbocycles. The number of anilines is 1. The highest BCUT2D eigenvalue weighted by molar-refractivity contribution is 7.89. The van der Waals surface area contributed by atoms with Gasteiger partial charge in [-0.1, -0.05) is 6.42 Å². The fourth-order valence-electron chi connectivity index (χ4n) is 4.16. The molecule has 0 radical (unpaired) electrons. The van der Waals surface area contributed by atoms with Crippen molar-refractivity contribution in [3.05, 3.63) is 23.8 Å². The second-order valence-electron chi connectivity index (χ2n) is 8.43. The SMILES string of the molecule is CC(=O)N1c2ccc(S(=O)(=O)N3CCCCC3)cc2CC1C(=O)NCCCOC(C)C. The zero-order valence-corrected chi connectivity index (χ0v) is 19.4. The van der Waals surface area contributed by atoms with Crippen LogP contribution in [0.25, 0.3) is 0 Å². The fourth-order valence-corrected chi connectivity index (χ4v) is 5.73. The lowest BCUT2D eigenvalue weighted by Crippen LogP contribution is -2.47. The minimum atomic E-state index is -3.57. The lowest BCUT2D eigenvalue weighted by atomic mass is 10.1. The molecule has 2 aliphatic heterocycles. The number of rotatable bonds is 8. The Hall–Kier alpha value is -1.97. The summed E-state index contributed by atoms with van der Waals surface area (Å²) in [5.74, 6) is -0.481. The van der Waals surface area contributed by atoms with Crippen LogP contribution in [0.15, 0.2) is 23.1 Å². The van der Waals surface area contributed by atoms with Crippen molar-refractivity contribution < 1.29 is 22.7 Å². The van der Waals surface area contributed by atoms with Crippen molar-refractivity contribution in [1.29, 1.82) is 0 Å². The van der Waals surface area contributed by atoms with Gasteiger partial charge in [0, 0.05) is 45.3 Å². The molecule has 0 spiro atoms. The van der Waals surface area contributed by atoms with E-state index in [4.69, 9.17) is 4.74 Å². The molecule has 1 atom stereocenters. The number of nitrogens with one attached hydrogen (secondary N) is 1. The van der Waals surface area contributed by atoms with Crippen molar-refractivity contribution in [3.8, 4) is 0 Å². The second-order valence-corrected chi connectivity index (χ2v) is 10.4. The molecule has 1 fully saturated rings. The number of carbonyl (C=O) groups excluding carboxylic acids is 2. The van der Waals surface area contributed by atoms with Gasteiger partial charge in [0.1, 0.15) is 6.04 Å². The molecule has 2 heterocycles. The lowest BCUT2D eigenvalue weighted by molar-refractivity contribution is -0.125. The van der Waals surface area contributed by atoms with Crippen molar-refractivity contribution in [3.63, 3.8) is 0 Å². The number of hydrogen-bond acceptors (Lipinski definition) is 5. The van der Waals surface area contributed by atoms with E-state index in [0.717, 1.165) is 19.3 Å². The molecule has 1 N–H and O–H groups in total. The first-order chi connectivity index (χ1) is 14.7. The fraction of sp³-hybridized carbons (Fsp3) is 0.636. The number of benzene rings is 1. The molecule has 0 aromatic heterocycles. The Morgan fingerprint density at radius 2 is 1.90 bits per heavy atom. The van der Waals surface area contributed by atoms with Crippen LogP contribution in [0.1, 0.15) is 52.0 Å². The van der Waals surface area contributed by atoms with E-state index in [9.17, 15) is 18.0 Å². The summed E-state index contributed by atoms with van der Waals surface area (Å²) in [7, 11) is -3.57. The lowest BCUT2D eigenvalue weighted by Gasteiger charge is -2.26. The average Bonchev–Trinajstić information content (AvgIpc) is 3.13. The quantitative estimate of drug-likeness (QED) is 0.611. The molecule has 3 rings (SSSR count). The van der Waals surface area contributed by atoms with Gasteiger partial charge >= 0.3 is 0 Å². The monoisotopic (exact) mass is 451 g/mol. The van der Waals surface area contributed by atoms with Gasteiger partial charge in [-0.3, -0.25) is 14.5 Å². The number of fused-ring (bicyclic) bond motifs is 1. The molecule has 1 saturated heterocycles. The molecule has 0 saturated carbocycles. The Kier molecular flexibility index (Phi) is 7.72. The minimum absolute atomic E-state index is 0.142. The summed E-state index contributed by atoms with van der Waals surface area (Å²) in [6.45, 7) is 7.41. The standard InChI is InChI=1S/C22H33N3O5S/c1-16(2)30-13-7-10-23-22(27)21-15-18-14-19(8-9-20(18)25(21)17(3)26)31(28,29)24-11-5-4-6-12-24/h8-9,14,16,21H,4-7,10-13,15H2,1-3H3,(H,23,27). The molecular weight excluding hydrogens is 418 g/mol. The number of nitrogens with zero attached hydrogens (tertiary/aromatic N) is 2. The van der Waals surface area contributed by atoms with Gasteiger partial charge in [-0.05, 0) is 56.9 Å². The molecule has 0 aliphatic carbocycles. The molecule has 1 aromatic rings. The Bertz CT molecular complexity index is 910. The van der Waals surface area contributed by atoms with Crippen LogP contribution in [0.3, 0.4) is 0 Å². The van der Waals surface area contributed by atoms with E-state index in [1.807, 2.05) is 13.8 Å². The van der Waals surface area contributed by atoms with E-state index in [1.165, 1.54) is 16.1 Å². The van der Waals surface area contributed by atoms with Gasteiger partial charge in [0.25, 0.3) is 0 Å². The van der Waals surface area contributed by atoms with E-state index >= 15 is 0 Å². The van der Waals surface area contributed by atoms with Crippen LogP contribution in [0.2, 0.25) is 0 Å². The zero-order valence-electron chi connectivity index (χ0n) is 18.6. The maximum atomic E-state index is 13.0. The molecule has 31 heavy (non-hydrogen) atoms. The molecule has 2 aliphatic rings. The van der Waals surface area contributed by atoms with Crippen LogP contribution in [0, 0.1) is 0 Å². The summed E-state index contributed by atoms with van der Waals surface area (Å²) in [4.78, 5) is 26.8. The van der Waals surface area contributed by atoms with Crippen molar-refractivity contribution in [1.82, 2.24) is 9.62 Å². The van der Waals surface area contributed by atoms with Crippen LogP contribution in [0.4, 0.5) is 5.69 Å². The first-order valence-corrected chi connectivity index (χ1v) is 12.5. The van der Waals surface area contributed by atoms with Crippen LogP contribution in [0.5, 0.6) is 0 Å². The molecule has 1 unspecified atom stereocenters. The summed E-state index contributed by atoms with van der Waals surface area (Å²) in [6.07, 6.45) is 3.90. The predicted molar refractivity (Wildman–Crippen MR) is 118 cm³/mol. The van der Waals surface area contributed by atoms with Gasteiger partial charge in [0.15, 0.2) is 0 Å². The second kappa shape index (κ2) is 10.1. The van der Waals surface area contributed by atoms with Gasteiger partial charge in [-0.25, -0.2) is 8.42 Å². The van der Waals surface area contributed by atoms with Crippen molar-refractivity contribution in [2.24, 2.45) is 0 Å². The third kappa shape index (κ3) is 5.45. The smallest absolute Gasteiger partial charge is 0.243 e. The number of piperidine rings is 1. The molecular formula is C22H33N3O5S. The number of amides is 2. The van der Waals surface area contributed by atoms with Crippen LogP contribution < -0.4 is 10.2 Å². The summed E-state index contributed by atoms with van der Waals surface area (Å²) in [5.41, 5.74) is 1.31. The maximum absolute atomic E-state index is 13.0. The Labute approximate surface area is 185 Å². The van der Waals surface area contributed by atoms with E-state index in [-0.39, 0.29) is 22.8 Å². The minimum Gasteiger partial charge on any atom is -0.379 e. The highest BCUT2D eigenvalue weighted by atomic mass is 32.2. The zero-order chi connectivity index (χ0) is 22.6. The Morgan fingerprint density at radius 1 is 1.19 bits per heavy atom. The van der Waals surface area contributed by atoms with E-state index in [1.54, 1.807) is 18.2 Å². The number of carbonyl (C=O) groups is 2. The van der Waals surface area contributed by atoms with Gasteiger partial charge in [0.2, 0.25) is 21.8 Å². The topological polar surface area (TPSA) is 96.0 Å². The largest absolute Gasteiger partial charge is 0.379 e. The van der Waals surface area contributed by atoms with Crippen LogP contribution >= 0.6 is 0 Å². The summed E-state index contributed by atoms with van der Waals surface area (Å²) < 4.78 is 33.1. The number of hydrogen-bond donors (Lipinski definition) is 1. The van der Waals surface area contributed by atoms with E-state index in [2.05, 4.69) is 5.32 Å². The third-order valence-corrected chi connectivity index (χ3v) is 7.60. The van der Waals surface area contributed by atoms with E-state index < -0.39 is 16.1 Å². The van der Waals surface area contributed by atoms with E-state index in [0.29, 0.717) is 50.3 Å². The van der Waals surface area contributed by atoms with Gasteiger partial charge in [-0.15, -0.1) is 0 Å². The van der Waals surface area contributed by atoms with Gasteiger partial charge in [0.05, 0.1) is 11.0 Å². The maximum Gasteiger partial charge on any atom is 0.243 e. The highest BCUT2D eigenvalue weighted by Gasteiger charge is 2.38.